The first-order valence-electron chi connectivity index (χ1n) is 7.19. The van der Waals surface area contributed by atoms with Crippen molar-refractivity contribution < 1.29 is 9.53 Å². The fourth-order valence-corrected chi connectivity index (χ4v) is 2.89. The maximum absolute atomic E-state index is 12.2. The average Bonchev–Trinajstić information content (AvgIpc) is 3.05. The number of nitrogens with zero attached hydrogens (tertiary/aromatic N) is 4. The van der Waals surface area contributed by atoms with Gasteiger partial charge in [-0.2, -0.15) is 0 Å². The molecular weight excluding hydrogens is 302 g/mol. The van der Waals surface area contributed by atoms with Crippen LogP contribution >= 0.6 is 11.5 Å². The molecule has 0 bridgehead atoms. The molecule has 1 aliphatic rings. The molecule has 0 radical (unpaired) electrons. The van der Waals surface area contributed by atoms with Gasteiger partial charge in [-0.25, -0.2) is 4.98 Å². The molecule has 1 fully saturated rings. The molecule has 1 N–H and O–H groups in total. The van der Waals surface area contributed by atoms with Gasteiger partial charge in [0.2, 0.25) is 0 Å². The number of amides is 1. The maximum atomic E-state index is 12.2. The van der Waals surface area contributed by atoms with E-state index in [1.54, 1.807) is 6.20 Å². The van der Waals surface area contributed by atoms with Crippen molar-refractivity contribution in [1.82, 2.24) is 14.6 Å². The van der Waals surface area contributed by atoms with E-state index in [1.165, 1.54) is 0 Å². The Morgan fingerprint density at radius 1 is 1.41 bits per heavy atom. The number of morpholine rings is 1. The molecule has 8 heteroatoms. The first-order valence-corrected chi connectivity index (χ1v) is 7.96. The maximum Gasteiger partial charge on any atom is 0.269 e. The summed E-state index contributed by atoms with van der Waals surface area (Å²) in [4.78, 5) is 19.3. The monoisotopic (exact) mass is 319 g/mol. The van der Waals surface area contributed by atoms with Crippen molar-refractivity contribution in [2.45, 2.75) is 13.3 Å². The van der Waals surface area contributed by atoms with E-state index in [2.05, 4.69) is 24.8 Å². The first kappa shape index (κ1) is 14.9. The molecule has 0 spiro atoms. The molecule has 1 amide bonds. The summed E-state index contributed by atoms with van der Waals surface area (Å²) in [6.07, 6.45) is 2.36. The Morgan fingerprint density at radius 2 is 2.23 bits per heavy atom. The number of hydrogen-bond donors (Lipinski definition) is 1. The molecule has 116 valence electrons. The Bertz CT molecular complexity index is 637. The van der Waals surface area contributed by atoms with E-state index in [4.69, 9.17) is 4.74 Å². The summed E-state index contributed by atoms with van der Waals surface area (Å²) in [6.45, 7) is 5.07. The molecule has 0 aromatic carbocycles. The smallest absolute Gasteiger partial charge is 0.269 e. The van der Waals surface area contributed by atoms with Crippen molar-refractivity contribution in [1.29, 1.82) is 0 Å². The van der Waals surface area contributed by atoms with Crippen LogP contribution in [-0.2, 0) is 11.2 Å². The number of carbonyl (C=O) groups is 1. The number of rotatable bonds is 4. The molecule has 1 saturated heterocycles. The van der Waals surface area contributed by atoms with Crippen LogP contribution in [0.2, 0.25) is 0 Å². The standard InChI is InChI=1S/C14H17N5O2S/c1-2-11-13(22-18-17-11)14(20)16-10-3-4-12(15-9-10)19-5-7-21-8-6-19/h3-4,9H,2,5-8H2,1H3,(H,16,20). The zero-order valence-corrected chi connectivity index (χ0v) is 13.1. The van der Waals surface area contributed by atoms with E-state index in [1.807, 2.05) is 19.1 Å². The molecular formula is C14H17N5O2S. The zero-order valence-electron chi connectivity index (χ0n) is 12.3. The van der Waals surface area contributed by atoms with Gasteiger partial charge in [0.1, 0.15) is 10.7 Å². The minimum atomic E-state index is -0.187. The largest absolute Gasteiger partial charge is 0.378 e. The lowest BCUT2D eigenvalue weighted by atomic mass is 10.3. The number of hydrogen-bond acceptors (Lipinski definition) is 7. The summed E-state index contributed by atoms with van der Waals surface area (Å²) in [5.41, 5.74) is 1.39. The van der Waals surface area contributed by atoms with Crippen molar-refractivity contribution in [2.24, 2.45) is 0 Å². The number of aromatic nitrogens is 3. The van der Waals surface area contributed by atoms with Crippen LogP contribution in [0, 0.1) is 0 Å². The van der Waals surface area contributed by atoms with E-state index in [-0.39, 0.29) is 5.91 Å². The molecule has 2 aromatic rings. The summed E-state index contributed by atoms with van der Waals surface area (Å²) < 4.78 is 9.15. The summed E-state index contributed by atoms with van der Waals surface area (Å²) >= 11 is 1.11. The lowest BCUT2D eigenvalue weighted by Gasteiger charge is -2.27. The van der Waals surface area contributed by atoms with Gasteiger partial charge in [-0.3, -0.25) is 4.79 Å². The van der Waals surface area contributed by atoms with Gasteiger partial charge >= 0.3 is 0 Å². The fraction of sp³-hybridized carbons (Fsp3) is 0.429. The molecule has 7 nitrogen and oxygen atoms in total. The van der Waals surface area contributed by atoms with Gasteiger partial charge in [-0.05, 0) is 30.1 Å². The lowest BCUT2D eigenvalue weighted by Crippen LogP contribution is -2.36. The topological polar surface area (TPSA) is 80.2 Å². The van der Waals surface area contributed by atoms with Gasteiger partial charge < -0.3 is 15.0 Å². The van der Waals surface area contributed by atoms with Crippen LogP contribution in [0.25, 0.3) is 0 Å². The third kappa shape index (κ3) is 3.23. The molecule has 3 heterocycles. The number of aryl methyl sites for hydroxylation is 1. The van der Waals surface area contributed by atoms with E-state index in [0.29, 0.717) is 17.0 Å². The molecule has 0 unspecified atom stereocenters. The second-order valence-corrected chi connectivity index (χ2v) is 5.62. The van der Waals surface area contributed by atoms with Gasteiger partial charge in [0, 0.05) is 13.1 Å². The summed E-state index contributed by atoms with van der Waals surface area (Å²) in [7, 11) is 0. The first-order chi connectivity index (χ1) is 10.8. The van der Waals surface area contributed by atoms with Crippen molar-refractivity contribution in [3.8, 4) is 0 Å². The fourth-order valence-electron chi connectivity index (χ4n) is 2.24. The van der Waals surface area contributed by atoms with Crippen LogP contribution in [0.4, 0.5) is 11.5 Å². The van der Waals surface area contributed by atoms with E-state index in [0.717, 1.165) is 49.3 Å². The van der Waals surface area contributed by atoms with Gasteiger partial charge in [0.15, 0.2) is 0 Å². The van der Waals surface area contributed by atoms with Crippen molar-refractivity contribution in [3.63, 3.8) is 0 Å². The van der Waals surface area contributed by atoms with Crippen LogP contribution in [0.5, 0.6) is 0 Å². The number of carbonyl (C=O) groups excluding carboxylic acids is 1. The van der Waals surface area contributed by atoms with E-state index in [9.17, 15) is 4.79 Å². The molecule has 22 heavy (non-hydrogen) atoms. The highest BCUT2D eigenvalue weighted by Crippen LogP contribution is 2.18. The quantitative estimate of drug-likeness (QED) is 0.922. The normalized spacial score (nSPS) is 14.9. The van der Waals surface area contributed by atoms with Crippen LogP contribution < -0.4 is 10.2 Å². The number of pyridine rings is 1. The summed E-state index contributed by atoms with van der Waals surface area (Å²) in [6, 6.07) is 3.77. The Hall–Kier alpha value is -2.06. The molecule has 0 atom stereocenters. The Kier molecular flexibility index (Phi) is 4.59. The molecule has 0 saturated carbocycles. The number of anilines is 2. The summed E-state index contributed by atoms with van der Waals surface area (Å²) in [5, 5.41) is 6.78. The lowest BCUT2D eigenvalue weighted by molar-refractivity contribution is 0.102. The van der Waals surface area contributed by atoms with Gasteiger partial charge in [0.25, 0.3) is 5.91 Å². The predicted octanol–water partition coefficient (Wildman–Crippen LogP) is 1.58. The SMILES string of the molecule is CCc1nnsc1C(=O)Nc1ccc(N2CCOCC2)nc1. The van der Waals surface area contributed by atoms with Gasteiger partial charge in [-0.15, -0.1) is 5.10 Å². The molecule has 2 aromatic heterocycles. The highest BCUT2D eigenvalue weighted by Gasteiger charge is 2.16. The van der Waals surface area contributed by atoms with Crippen molar-refractivity contribution in [2.75, 3.05) is 36.5 Å². The average molecular weight is 319 g/mol. The molecule has 3 rings (SSSR count). The zero-order chi connectivity index (χ0) is 15.4. The van der Waals surface area contributed by atoms with Crippen molar-refractivity contribution in [3.05, 3.63) is 28.9 Å². The van der Waals surface area contributed by atoms with E-state index >= 15 is 0 Å². The van der Waals surface area contributed by atoms with Crippen LogP contribution in [0.1, 0.15) is 22.3 Å². The highest BCUT2D eigenvalue weighted by atomic mass is 32.1. The molecule has 0 aliphatic carbocycles. The Labute approximate surface area is 132 Å². The second kappa shape index (κ2) is 6.80. The molecule has 1 aliphatic heterocycles. The minimum absolute atomic E-state index is 0.187. The van der Waals surface area contributed by atoms with Gasteiger partial charge in [-0.1, -0.05) is 11.4 Å². The minimum Gasteiger partial charge on any atom is -0.378 e. The third-order valence-corrected chi connectivity index (χ3v) is 4.20. The summed E-state index contributed by atoms with van der Waals surface area (Å²) in [5.74, 6) is 0.711. The van der Waals surface area contributed by atoms with Crippen LogP contribution in [0.15, 0.2) is 18.3 Å². The van der Waals surface area contributed by atoms with Crippen molar-refractivity contribution >= 4 is 28.9 Å². The number of ether oxygens (including phenoxy) is 1. The predicted molar refractivity (Wildman–Crippen MR) is 84.5 cm³/mol. The van der Waals surface area contributed by atoms with Crippen LogP contribution in [-0.4, -0.2) is 46.8 Å². The Balaban J connectivity index is 1.67. The Morgan fingerprint density at radius 3 is 2.91 bits per heavy atom. The highest BCUT2D eigenvalue weighted by molar-refractivity contribution is 7.08. The van der Waals surface area contributed by atoms with Gasteiger partial charge in [0.05, 0.1) is 30.8 Å². The van der Waals surface area contributed by atoms with Crippen LogP contribution in [0.3, 0.4) is 0 Å². The third-order valence-electron chi connectivity index (χ3n) is 3.44. The number of nitrogens with one attached hydrogen (secondary N) is 1. The second-order valence-electron chi connectivity index (χ2n) is 4.86. The van der Waals surface area contributed by atoms with E-state index < -0.39 is 0 Å².